The van der Waals surface area contributed by atoms with Crippen LogP contribution < -0.4 is 9.80 Å². The minimum atomic E-state index is 0.843. The summed E-state index contributed by atoms with van der Waals surface area (Å²) in [6.07, 6.45) is 10.6. The van der Waals surface area contributed by atoms with E-state index in [0.717, 1.165) is 54.7 Å². The van der Waals surface area contributed by atoms with Gasteiger partial charge in [0.05, 0.1) is 18.1 Å². The predicted octanol–water partition coefficient (Wildman–Crippen LogP) is 1.91. The Kier molecular flexibility index (Phi) is 3.86. The van der Waals surface area contributed by atoms with Crippen molar-refractivity contribution in [1.29, 1.82) is 0 Å². The SMILES string of the molecule is c1cc(-c2cc(N3CCN(c4cnccn4)CC3)n3nccc3n2)ccn1. The minimum Gasteiger partial charge on any atom is -0.353 e. The second-order valence-electron chi connectivity index (χ2n) is 6.37. The van der Waals surface area contributed by atoms with Crippen LogP contribution in [0.2, 0.25) is 0 Å². The Balaban J connectivity index is 1.46. The number of nitrogens with zero attached hydrogens (tertiary/aromatic N) is 8. The van der Waals surface area contributed by atoms with E-state index in [1.807, 2.05) is 28.9 Å². The summed E-state index contributed by atoms with van der Waals surface area (Å²) < 4.78 is 1.91. The molecule has 0 atom stereocenters. The van der Waals surface area contributed by atoms with Crippen molar-refractivity contribution in [3.63, 3.8) is 0 Å². The molecule has 4 aromatic rings. The summed E-state index contributed by atoms with van der Waals surface area (Å²) in [4.78, 5) is 22.0. The van der Waals surface area contributed by atoms with Gasteiger partial charge in [-0.2, -0.15) is 9.61 Å². The van der Waals surface area contributed by atoms with Crippen molar-refractivity contribution in [2.24, 2.45) is 0 Å². The van der Waals surface area contributed by atoms with Gasteiger partial charge in [0.25, 0.3) is 0 Å². The highest BCUT2D eigenvalue weighted by molar-refractivity contribution is 5.66. The van der Waals surface area contributed by atoms with Gasteiger partial charge in [0.2, 0.25) is 0 Å². The number of hydrogen-bond acceptors (Lipinski definition) is 7. The molecule has 5 rings (SSSR count). The standard InChI is InChI=1S/C19H18N8/c1-4-20-5-2-15(1)16-13-19(27-17(24-16)3-6-23-27)26-11-9-25(10-12-26)18-14-21-7-8-22-18/h1-8,13-14H,9-12H2. The summed E-state index contributed by atoms with van der Waals surface area (Å²) in [5.41, 5.74) is 2.82. The van der Waals surface area contributed by atoms with Crippen LogP contribution in [0.15, 0.2) is 61.4 Å². The molecular formula is C19H18N8. The van der Waals surface area contributed by atoms with E-state index in [4.69, 9.17) is 4.98 Å². The second kappa shape index (κ2) is 6.64. The first kappa shape index (κ1) is 15.7. The number of fused-ring (bicyclic) bond motifs is 1. The summed E-state index contributed by atoms with van der Waals surface area (Å²) in [7, 11) is 0. The van der Waals surface area contributed by atoms with E-state index < -0.39 is 0 Å². The maximum absolute atomic E-state index is 4.74. The van der Waals surface area contributed by atoms with Gasteiger partial charge in [-0.3, -0.25) is 9.97 Å². The lowest BCUT2D eigenvalue weighted by Gasteiger charge is -2.36. The van der Waals surface area contributed by atoms with Gasteiger partial charge in [0.15, 0.2) is 5.65 Å². The zero-order valence-corrected chi connectivity index (χ0v) is 14.7. The first-order valence-corrected chi connectivity index (χ1v) is 8.89. The van der Waals surface area contributed by atoms with Crippen LogP contribution in [-0.4, -0.2) is 55.7 Å². The summed E-state index contributed by atoms with van der Waals surface area (Å²) in [5, 5.41) is 4.47. The molecule has 0 radical (unpaired) electrons. The van der Waals surface area contributed by atoms with Gasteiger partial charge in [-0.1, -0.05) is 0 Å². The van der Waals surface area contributed by atoms with Crippen molar-refractivity contribution < 1.29 is 0 Å². The molecule has 0 aliphatic carbocycles. The van der Waals surface area contributed by atoms with Gasteiger partial charge in [0, 0.05) is 68.7 Å². The molecule has 0 saturated carbocycles. The van der Waals surface area contributed by atoms with Gasteiger partial charge >= 0.3 is 0 Å². The largest absolute Gasteiger partial charge is 0.353 e. The highest BCUT2D eigenvalue weighted by atomic mass is 15.4. The maximum Gasteiger partial charge on any atom is 0.157 e. The van der Waals surface area contributed by atoms with E-state index >= 15 is 0 Å². The Bertz CT molecular complexity index is 1040. The number of rotatable bonds is 3. The summed E-state index contributed by atoms with van der Waals surface area (Å²) in [6, 6.07) is 7.99. The normalized spacial score (nSPS) is 14.7. The topological polar surface area (TPSA) is 75.3 Å². The van der Waals surface area contributed by atoms with Crippen molar-refractivity contribution in [1.82, 2.24) is 29.5 Å². The molecular weight excluding hydrogens is 340 g/mol. The lowest BCUT2D eigenvalue weighted by molar-refractivity contribution is 0.633. The second-order valence-corrected chi connectivity index (χ2v) is 6.37. The number of pyridine rings is 1. The smallest absolute Gasteiger partial charge is 0.157 e. The fourth-order valence-corrected chi connectivity index (χ4v) is 3.41. The van der Waals surface area contributed by atoms with Crippen molar-refractivity contribution in [3.05, 3.63) is 61.4 Å². The van der Waals surface area contributed by atoms with Crippen LogP contribution in [0.1, 0.15) is 0 Å². The number of anilines is 2. The molecule has 8 heteroatoms. The molecule has 0 bridgehead atoms. The van der Waals surface area contributed by atoms with Gasteiger partial charge < -0.3 is 9.80 Å². The zero-order valence-electron chi connectivity index (χ0n) is 14.7. The third-order valence-corrected chi connectivity index (χ3v) is 4.79. The quantitative estimate of drug-likeness (QED) is 0.554. The maximum atomic E-state index is 4.74. The van der Waals surface area contributed by atoms with Crippen LogP contribution in [0.4, 0.5) is 11.6 Å². The first-order valence-electron chi connectivity index (χ1n) is 8.89. The van der Waals surface area contributed by atoms with Gasteiger partial charge in [0.1, 0.15) is 11.6 Å². The van der Waals surface area contributed by atoms with E-state index in [2.05, 4.69) is 35.9 Å². The molecule has 4 aromatic heterocycles. The Hall–Kier alpha value is -3.55. The average molecular weight is 358 g/mol. The van der Waals surface area contributed by atoms with Gasteiger partial charge in [-0.05, 0) is 12.1 Å². The van der Waals surface area contributed by atoms with E-state index in [0.29, 0.717) is 0 Å². The van der Waals surface area contributed by atoms with Crippen LogP contribution in [0.5, 0.6) is 0 Å². The Labute approximate surface area is 156 Å². The van der Waals surface area contributed by atoms with Gasteiger partial charge in [-0.25, -0.2) is 9.97 Å². The molecule has 0 N–H and O–H groups in total. The molecule has 1 aliphatic heterocycles. The van der Waals surface area contributed by atoms with Crippen LogP contribution >= 0.6 is 0 Å². The Morgan fingerprint density at radius 2 is 1.59 bits per heavy atom. The molecule has 1 fully saturated rings. The molecule has 134 valence electrons. The lowest BCUT2D eigenvalue weighted by atomic mass is 10.2. The van der Waals surface area contributed by atoms with Crippen molar-refractivity contribution in [3.8, 4) is 11.3 Å². The van der Waals surface area contributed by atoms with Gasteiger partial charge in [-0.15, -0.1) is 0 Å². The number of piperazine rings is 1. The number of hydrogen-bond donors (Lipinski definition) is 0. The van der Waals surface area contributed by atoms with E-state index in [1.54, 1.807) is 31.0 Å². The molecule has 8 nitrogen and oxygen atoms in total. The third-order valence-electron chi connectivity index (χ3n) is 4.79. The van der Waals surface area contributed by atoms with Crippen molar-refractivity contribution >= 4 is 17.3 Å². The number of aromatic nitrogens is 6. The van der Waals surface area contributed by atoms with Crippen LogP contribution in [0.3, 0.4) is 0 Å². The fraction of sp³-hybridized carbons (Fsp3) is 0.211. The highest BCUT2D eigenvalue weighted by Crippen LogP contribution is 2.25. The van der Waals surface area contributed by atoms with E-state index in [-0.39, 0.29) is 0 Å². The van der Waals surface area contributed by atoms with Crippen LogP contribution in [-0.2, 0) is 0 Å². The molecule has 5 heterocycles. The Morgan fingerprint density at radius 1 is 0.778 bits per heavy atom. The van der Waals surface area contributed by atoms with Crippen molar-refractivity contribution in [2.75, 3.05) is 36.0 Å². The monoisotopic (exact) mass is 358 g/mol. The Morgan fingerprint density at radius 3 is 2.37 bits per heavy atom. The third kappa shape index (κ3) is 2.95. The zero-order chi connectivity index (χ0) is 18.1. The molecule has 27 heavy (non-hydrogen) atoms. The average Bonchev–Trinajstić information content (AvgIpc) is 3.23. The lowest BCUT2D eigenvalue weighted by Crippen LogP contribution is -2.47. The van der Waals surface area contributed by atoms with Crippen molar-refractivity contribution in [2.45, 2.75) is 0 Å². The van der Waals surface area contributed by atoms with E-state index in [9.17, 15) is 0 Å². The van der Waals surface area contributed by atoms with E-state index in [1.165, 1.54) is 0 Å². The molecule has 1 saturated heterocycles. The highest BCUT2D eigenvalue weighted by Gasteiger charge is 2.21. The van der Waals surface area contributed by atoms with Crippen LogP contribution in [0.25, 0.3) is 16.9 Å². The molecule has 0 unspecified atom stereocenters. The summed E-state index contributed by atoms with van der Waals surface area (Å²) in [6.45, 7) is 3.53. The summed E-state index contributed by atoms with van der Waals surface area (Å²) >= 11 is 0. The first-order chi connectivity index (χ1) is 13.4. The fourth-order valence-electron chi connectivity index (χ4n) is 3.41. The van der Waals surface area contributed by atoms with Crippen LogP contribution in [0, 0.1) is 0 Å². The predicted molar refractivity (Wildman–Crippen MR) is 103 cm³/mol. The summed E-state index contributed by atoms with van der Waals surface area (Å²) in [5.74, 6) is 1.98. The molecule has 1 aliphatic rings. The minimum absolute atomic E-state index is 0.843. The molecule has 0 spiro atoms. The molecule has 0 aromatic carbocycles. The molecule has 0 amide bonds.